The van der Waals surface area contributed by atoms with Crippen LogP contribution in [0.1, 0.15) is 13.8 Å². The first-order valence-electron chi connectivity index (χ1n) is 2.66. The number of nitriles is 1. The molecule has 1 aliphatic rings. The monoisotopic (exact) mass is 125 g/mol. The highest BCUT2D eigenvalue weighted by Gasteiger charge is 2.65. The number of ether oxygens (including phenoxy) is 1. The molecule has 0 aromatic heterocycles. The Morgan fingerprint density at radius 1 is 1.67 bits per heavy atom. The molecule has 0 bridgehead atoms. The topological polar surface area (TPSA) is 53.4 Å². The Kier molecular flexibility index (Phi) is 0.928. The van der Waals surface area contributed by atoms with Crippen molar-refractivity contribution in [2.75, 3.05) is 0 Å². The summed E-state index contributed by atoms with van der Waals surface area (Å²) >= 11 is 0. The van der Waals surface area contributed by atoms with Crippen molar-refractivity contribution in [3.8, 4) is 6.07 Å². The molecule has 3 nitrogen and oxygen atoms in total. The molecule has 48 valence electrons. The van der Waals surface area contributed by atoms with Gasteiger partial charge in [0.25, 0.3) is 0 Å². The standard InChI is InChI=1S/C6H7NO2/c1-5(2)6(3-7,4-8)9-5/h4H,1-2H3. The molecule has 9 heavy (non-hydrogen) atoms. The van der Waals surface area contributed by atoms with Gasteiger partial charge < -0.3 is 4.74 Å². The molecule has 0 aliphatic carbocycles. The zero-order chi connectivity index (χ0) is 7.12. The summed E-state index contributed by atoms with van der Waals surface area (Å²) in [6.45, 7) is 3.43. The Balaban J connectivity index is 2.84. The summed E-state index contributed by atoms with van der Waals surface area (Å²) in [5.41, 5.74) is -1.71. The van der Waals surface area contributed by atoms with Crippen LogP contribution in [0.3, 0.4) is 0 Å². The number of epoxide rings is 1. The van der Waals surface area contributed by atoms with Gasteiger partial charge in [0.15, 0.2) is 6.29 Å². The van der Waals surface area contributed by atoms with Crippen LogP contribution in [0.2, 0.25) is 0 Å². The van der Waals surface area contributed by atoms with Crippen molar-refractivity contribution in [1.82, 2.24) is 0 Å². The smallest absolute Gasteiger partial charge is 0.238 e. The highest BCUT2D eigenvalue weighted by Crippen LogP contribution is 2.44. The average Bonchev–Trinajstić information content (AvgIpc) is 2.35. The van der Waals surface area contributed by atoms with Crippen LogP contribution < -0.4 is 0 Å². The molecule has 1 saturated heterocycles. The molecule has 0 aromatic rings. The Hall–Kier alpha value is -0.880. The third kappa shape index (κ3) is 0.568. The van der Waals surface area contributed by atoms with Crippen LogP contribution in [0.15, 0.2) is 0 Å². The molecule has 0 N–H and O–H groups in total. The predicted octanol–water partition coefficient (Wildman–Crippen LogP) is 0.256. The normalized spacial score (nSPS) is 37.0. The number of hydrogen-bond acceptors (Lipinski definition) is 3. The molecule has 0 aromatic carbocycles. The Morgan fingerprint density at radius 2 is 2.11 bits per heavy atom. The van der Waals surface area contributed by atoms with E-state index >= 15 is 0 Å². The van der Waals surface area contributed by atoms with Gasteiger partial charge >= 0.3 is 0 Å². The van der Waals surface area contributed by atoms with Crippen molar-refractivity contribution in [3.63, 3.8) is 0 Å². The minimum Gasteiger partial charge on any atom is -0.340 e. The summed E-state index contributed by atoms with van der Waals surface area (Å²) in [7, 11) is 0. The number of carbonyl (C=O) groups excluding carboxylic acids is 1. The lowest BCUT2D eigenvalue weighted by molar-refractivity contribution is -0.110. The van der Waals surface area contributed by atoms with E-state index in [1.165, 1.54) is 0 Å². The zero-order valence-electron chi connectivity index (χ0n) is 5.34. The largest absolute Gasteiger partial charge is 0.340 e. The molecule has 0 amide bonds. The molecular weight excluding hydrogens is 118 g/mol. The van der Waals surface area contributed by atoms with Crippen molar-refractivity contribution in [1.29, 1.82) is 5.26 Å². The van der Waals surface area contributed by atoms with E-state index in [9.17, 15) is 4.79 Å². The second kappa shape index (κ2) is 1.34. The minimum atomic E-state index is -1.15. The van der Waals surface area contributed by atoms with E-state index in [-0.39, 0.29) is 0 Å². The summed E-state index contributed by atoms with van der Waals surface area (Å²) in [4.78, 5) is 10.2. The first-order valence-corrected chi connectivity index (χ1v) is 2.66. The van der Waals surface area contributed by atoms with Crippen molar-refractivity contribution in [3.05, 3.63) is 0 Å². The second-order valence-corrected chi connectivity index (χ2v) is 2.58. The molecule has 1 heterocycles. The maximum atomic E-state index is 10.2. The number of nitrogens with zero attached hydrogens (tertiary/aromatic N) is 1. The van der Waals surface area contributed by atoms with Crippen molar-refractivity contribution >= 4 is 6.29 Å². The Morgan fingerprint density at radius 3 is 2.11 bits per heavy atom. The average molecular weight is 125 g/mol. The summed E-state index contributed by atoms with van der Waals surface area (Å²) in [5, 5.41) is 8.39. The summed E-state index contributed by atoms with van der Waals surface area (Å²) in [6, 6.07) is 1.80. The molecule has 0 saturated carbocycles. The van der Waals surface area contributed by atoms with E-state index in [2.05, 4.69) is 0 Å². The van der Waals surface area contributed by atoms with E-state index in [4.69, 9.17) is 10.00 Å². The van der Waals surface area contributed by atoms with Crippen molar-refractivity contribution in [2.24, 2.45) is 0 Å². The van der Waals surface area contributed by atoms with Crippen molar-refractivity contribution in [2.45, 2.75) is 25.0 Å². The molecule has 1 unspecified atom stereocenters. The molecule has 0 spiro atoms. The summed E-state index contributed by atoms with van der Waals surface area (Å²) in [5.74, 6) is 0. The highest BCUT2D eigenvalue weighted by molar-refractivity contribution is 5.74. The second-order valence-electron chi connectivity index (χ2n) is 2.58. The van der Waals surface area contributed by atoms with E-state index in [1.807, 2.05) is 0 Å². The van der Waals surface area contributed by atoms with E-state index in [0.29, 0.717) is 6.29 Å². The van der Waals surface area contributed by atoms with Gasteiger partial charge in [-0.1, -0.05) is 0 Å². The molecule has 1 fully saturated rings. The predicted molar refractivity (Wildman–Crippen MR) is 29.6 cm³/mol. The van der Waals surface area contributed by atoms with Gasteiger partial charge in [0, 0.05) is 0 Å². The third-order valence-corrected chi connectivity index (χ3v) is 1.60. The lowest BCUT2D eigenvalue weighted by Gasteiger charge is -1.91. The Labute approximate surface area is 53.2 Å². The SMILES string of the molecule is CC1(C)OC1(C#N)C=O. The van der Waals surface area contributed by atoms with Crippen LogP contribution in [0.4, 0.5) is 0 Å². The summed E-state index contributed by atoms with van der Waals surface area (Å²) in [6.07, 6.45) is 0.549. The van der Waals surface area contributed by atoms with Crippen LogP contribution in [-0.2, 0) is 9.53 Å². The fraction of sp³-hybridized carbons (Fsp3) is 0.667. The van der Waals surface area contributed by atoms with Crippen LogP contribution in [0.5, 0.6) is 0 Å². The first-order chi connectivity index (χ1) is 4.08. The van der Waals surface area contributed by atoms with Crippen LogP contribution >= 0.6 is 0 Å². The molecule has 1 rings (SSSR count). The zero-order valence-corrected chi connectivity index (χ0v) is 5.34. The molecule has 1 aliphatic heterocycles. The van der Waals surface area contributed by atoms with Gasteiger partial charge in [0.05, 0.1) is 0 Å². The number of hydrogen-bond donors (Lipinski definition) is 0. The van der Waals surface area contributed by atoms with Gasteiger partial charge in [0.2, 0.25) is 5.60 Å². The Bertz CT molecular complexity index is 192. The van der Waals surface area contributed by atoms with Gasteiger partial charge in [-0.05, 0) is 13.8 Å². The third-order valence-electron chi connectivity index (χ3n) is 1.60. The maximum absolute atomic E-state index is 10.2. The molecule has 1 atom stereocenters. The van der Waals surface area contributed by atoms with Crippen LogP contribution in [0, 0.1) is 11.3 Å². The fourth-order valence-electron chi connectivity index (χ4n) is 0.727. The van der Waals surface area contributed by atoms with E-state index in [1.54, 1.807) is 19.9 Å². The van der Waals surface area contributed by atoms with E-state index in [0.717, 1.165) is 0 Å². The quantitative estimate of drug-likeness (QED) is 0.373. The molecule has 0 radical (unpaired) electrons. The lowest BCUT2D eigenvalue weighted by atomic mass is 10.00. The van der Waals surface area contributed by atoms with Gasteiger partial charge in [-0.2, -0.15) is 5.26 Å². The van der Waals surface area contributed by atoms with Crippen LogP contribution in [0.25, 0.3) is 0 Å². The number of carbonyl (C=O) groups is 1. The number of rotatable bonds is 1. The van der Waals surface area contributed by atoms with Gasteiger partial charge in [-0.25, -0.2) is 0 Å². The van der Waals surface area contributed by atoms with Gasteiger partial charge in [-0.15, -0.1) is 0 Å². The summed E-state index contributed by atoms with van der Waals surface area (Å²) < 4.78 is 4.86. The lowest BCUT2D eigenvalue weighted by Crippen LogP contribution is -2.19. The highest BCUT2D eigenvalue weighted by atomic mass is 16.6. The maximum Gasteiger partial charge on any atom is 0.238 e. The van der Waals surface area contributed by atoms with Gasteiger partial charge in [0.1, 0.15) is 11.7 Å². The van der Waals surface area contributed by atoms with Gasteiger partial charge in [-0.3, -0.25) is 4.79 Å². The molecule has 3 heteroatoms. The van der Waals surface area contributed by atoms with E-state index < -0.39 is 11.2 Å². The van der Waals surface area contributed by atoms with Crippen molar-refractivity contribution < 1.29 is 9.53 Å². The molecular formula is C6H7NO2. The first kappa shape index (κ1) is 6.24. The van der Waals surface area contributed by atoms with Crippen LogP contribution in [-0.4, -0.2) is 17.5 Å². The number of aldehydes is 1. The minimum absolute atomic E-state index is 0.549. The fourth-order valence-corrected chi connectivity index (χ4v) is 0.727.